The maximum Gasteiger partial charge on any atom is 0.332 e. The third-order valence-corrected chi connectivity index (χ3v) is 6.97. The summed E-state index contributed by atoms with van der Waals surface area (Å²) in [6, 6.07) is 9.32. The number of amides is 1. The Morgan fingerprint density at radius 2 is 1.62 bits per heavy atom. The highest BCUT2D eigenvalue weighted by Crippen LogP contribution is 2.22. The van der Waals surface area contributed by atoms with Crippen LogP contribution in [-0.4, -0.2) is 63.3 Å². The molecule has 2 aliphatic heterocycles. The summed E-state index contributed by atoms with van der Waals surface area (Å²) in [4.78, 5) is 55.7. The second-order valence-electron chi connectivity index (χ2n) is 9.17. The van der Waals surface area contributed by atoms with Crippen molar-refractivity contribution in [3.05, 3.63) is 62.3 Å². The van der Waals surface area contributed by atoms with Crippen LogP contribution in [0.25, 0.3) is 0 Å². The van der Waals surface area contributed by atoms with E-state index >= 15 is 0 Å². The number of likely N-dealkylation sites (tertiary alicyclic amines) is 2. The number of anilines is 1. The third-order valence-electron chi connectivity index (χ3n) is 6.97. The highest BCUT2D eigenvalue weighted by molar-refractivity contribution is 6.01. The number of rotatable bonds is 7. The predicted molar refractivity (Wildman–Crippen MR) is 130 cm³/mol. The Morgan fingerprint density at radius 3 is 2.24 bits per heavy atom. The molecule has 2 aliphatic rings. The van der Waals surface area contributed by atoms with Gasteiger partial charge >= 0.3 is 5.69 Å². The van der Waals surface area contributed by atoms with Crippen molar-refractivity contribution >= 4 is 17.5 Å². The largest absolute Gasteiger partial charge is 0.384 e. The van der Waals surface area contributed by atoms with Gasteiger partial charge in [0.05, 0.1) is 13.1 Å². The van der Waals surface area contributed by atoms with Crippen LogP contribution in [0.15, 0.2) is 39.9 Å². The highest BCUT2D eigenvalue weighted by Gasteiger charge is 2.31. The summed E-state index contributed by atoms with van der Waals surface area (Å²) >= 11 is 0. The van der Waals surface area contributed by atoms with Crippen molar-refractivity contribution in [2.24, 2.45) is 5.92 Å². The molecule has 9 heteroatoms. The molecule has 3 heterocycles. The summed E-state index contributed by atoms with van der Waals surface area (Å²) in [5, 5.41) is 0. The summed E-state index contributed by atoms with van der Waals surface area (Å²) < 4.78 is 2.36. The Hall–Kier alpha value is -3.20. The van der Waals surface area contributed by atoms with Crippen molar-refractivity contribution in [2.75, 3.05) is 38.5 Å². The number of Topliss-reactive ketones (excluding diaryl/α,β-unsaturated/α-hetero) is 1. The van der Waals surface area contributed by atoms with E-state index in [0.29, 0.717) is 25.9 Å². The average Bonchev–Trinajstić information content (AvgIpc) is 3.38. The molecule has 0 atom stereocenters. The Bertz CT molecular complexity index is 1160. The van der Waals surface area contributed by atoms with Crippen molar-refractivity contribution in [1.29, 1.82) is 0 Å². The molecule has 1 aromatic heterocycles. The van der Waals surface area contributed by atoms with E-state index in [0.717, 1.165) is 36.1 Å². The van der Waals surface area contributed by atoms with Crippen LogP contribution in [0, 0.1) is 5.92 Å². The molecule has 2 N–H and O–H groups in total. The SMILES string of the molecule is CCn1c(=O)c(C(=O)CN2CCC(C(=O)N3CCCC3)CC2)c(N)n(Cc2ccccc2)c1=O. The number of hydrogen-bond acceptors (Lipinski definition) is 6. The first-order valence-corrected chi connectivity index (χ1v) is 12.1. The van der Waals surface area contributed by atoms with E-state index in [1.807, 2.05) is 40.1 Å². The topological polar surface area (TPSA) is 111 Å². The van der Waals surface area contributed by atoms with E-state index in [-0.39, 0.29) is 42.8 Å². The summed E-state index contributed by atoms with van der Waals surface area (Å²) in [6.45, 7) is 4.98. The number of carbonyl (C=O) groups is 2. The average molecular weight is 468 g/mol. The predicted octanol–water partition coefficient (Wildman–Crippen LogP) is 1.18. The Labute approximate surface area is 198 Å². The fourth-order valence-corrected chi connectivity index (χ4v) is 4.99. The molecule has 1 aromatic carbocycles. The minimum absolute atomic E-state index is 0.000354. The van der Waals surface area contributed by atoms with Crippen molar-refractivity contribution in [2.45, 2.75) is 45.7 Å². The van der Waals surface area contributed by atoms with E-state index in [4.69, 9.17) is 5.73 Å². The van der Waals surface area contributed by atoms with Gasteiger partial charge in [-0.2, -0.15) is 0 Å². The van der Waals surface area contributed by atoms with Crippen LogP contribution in [0.5, 0.6) is 0 Å². The lowest BCUT2D eigenvalue weighted by atomic mass is 9.95. The number of nitrogens with zero attached hydrogens (tertiary/aromatic N) is 4. The van der Waals surface area contributed by atoms with Crippen LogP contribution < -0.4 is 17.0 Å². The molecule has 0 spiro atoms. The van der Waals surface area contributed by atoms with E-state index in [2.05, 4.69) is 0 Å². The number of nitrogen functional groups attached to an aromatic ring is 1. The summed E-state index contributed by atoms with van der Waals surface area (Å²) in [5.41, 5.74) is 5.81. The van der Waals surface area contributed by atoms with Crippen molar-refractivity contribution < 1.29 is 9.59 Å². The smallest absolute Gasteiger partial charge is 0.332 e. The lowest BCUT2D eigenvalue weighted by Gasteiger charge is -2.32. The minimum atomic E-state index is -0.640. The summed E-state index contributed by atoms with van der Waals surface area (Å²) in [5.74, 6) is -0.255. The van der Waals surface area contributed by atoms with E-state index in [1.54, 1.807) is 6.92 Å². The van der Waals surface area contributed by atoms with Gasteiger partial charge in [0, 0.05) is 25.6 Å². The van der Waals surface area contributed by atoms with Gasteiger partial charge in [0.15, 0.2) is 5.78 Å². The zero-order valence-electron chi connectivity index (χ0n) is 19.7. The van der Waals surface area contributed by atoms with Crippen molar-refractivity contribution in [3.8, 4) is 0 Å². The lowest BCUT2D eigenvalue weighted by molar-refractivity contribution is -0.135. The van der Waals surface area contributed by atoms with E-state index in [1.165, 1.54) is 4.57 Å². The molecule has 34 heavy (non-hydrogen) atoms. The molecule has 2 fully saturated rings. The van der Waals surface area contributed by atoms with Gasteiger partial charge in [-0.25, -0.2) is 4.79 Å². The molecule has 182 valence electrons. The quantitative estimate of drug-likeness (QED) is 0.612. The standard InChI is InChI=1S/C25H33N5O4/c1-2-29-24(33)21(22(26)30(25(29)34)16-18-8-4-3-5-9-18)20(31)17-27-14-10-19(11-15-27)23(32)28-12-6-7-13-28/h3-5,8-9,19H,2,6-7,10-17,26H2,1H3. The fraction of sp³-hybridized carbons (Fsp3) is 0.520. The number of piperidine rings is 1. The Morgan fingerprint density at radius 1 is 0.971 bits per heavy atom. The van der Waals surface area contributed by atoms with E-state index < -0.39 is 17.0 Å². The van der Waals surface area contributed by atoms with Gasteiger partial charge in [-0.3, -0.25) is 28.4 Å². The molecule has 1 amide bonds. The van der Waals surface area contributed by atoms with Gasteiger partial charge in [0.25, 0.3) is 5.56 Å². The van der Waals surface area contributed by atoms with Gasteiger partial charge in [-0.15, -0.1) is 0 Å². The monoisotopic (exact) mass is 467 g/mol. The fourth-order valence-electron chi connectivity index (χ4n) is 4.99. The van der Waals surface area contributed by atoms with Crippen LogP contribution in [0.4, 0.5) is 5.82 Å². The summed E-state index contributed by atoms with van der Waals surface area (Å²) in [6.07, 6.45) is 3.54. The van der Waals surface area contributed by atoms with Crippen LogP contribution in [0.2, 0.25) is 0 Å². The number of hydrogen-bond donors (Lipinski definition) is 1. The van der Waals surface area contributed by atoms with Gasteiger partial charge in [-0.05, 0) is 51.3 Å². The molecular formula is C25H33N5O4. The minimum Gasteiger partial charge on any atom is -0.384 e. The molecule has 2 aromatic rings. The van der Waals surface area contributed by atoms with Crippen LogP contribution in [0.3, 0.4) is 0 Å². The van der Waals surface area contributed by atoms with Crippen molar-refractivity contribution in [1.82, 2.24) is 18.9 Å². The maximum atomic E-state index is 13.2. The second-order valence-corrected chi connectivity index (χ2v) is 9.17. The number of aromatic nitrogens is 2. The number of carbonyl (C=O) groups excluding carboxylic acids is 2. The molecule has 0 saturated carbocycles. The second kappa shape index (κ2) is 10.4. The van der Waals surface area contributed by atoms with Gasteiger partial charge in [0.1, 0.15) is 11.4 Å². The zero-order chi connectivity index (χ0) is 24.2. The third kappa shape index (κ3) is 4.84. The first kappa shape index (κ1) is 23.9. The molecule has 4 rings (SSSR count). The number of ketones is 1. The Balaban J connectivity index is 1.50. The van der Waals surface area contributed by atoms with Crippen LogP contribution in [-0.2, 0) is 17.9 Å². The first-order valence-electron chi connectivity index (χ1n) is 12.1. The normalized spacial score (nSPS) is 17.3. The van der Waals surface area contributed by atoms with Crippen LogP contribution >= 0.6 is 0 Å². The van der Waals surface area contributed by atoms with Crippen LogP contribution in [0.1, 0.15) is 48.5 Å². The molecule has 0 bridgehead atoms. The maximum absolute atomic E-state index is 13.2. The number of nitrogens with two attached hydrogens (primary N) is 1. The first-order chi connectivity index (χ1) is 16.4. The lowest BCUT2D eigenvalue weighted by Crippen LogP contribution is -2.46. The molecule has 0 radical (unpaired) electrons. The van der Waals surface area contributed by atoms with E-state index in [9.17, 15) is 19.2 Å². The van der Waals surface area contributed by atoms with Gasteiger partial charge in [0.2, 0.25) is 5.91 Å². The molecular weight excluding hydrogens is 434 g/mol. The van der Waals surface area contributed by atoms with Gasteiger partial charge < -0.3 is 10.6 Å². The molecule has 9 nitrogen and oxygen atoms in total. The zero-order valence-corrected chi connectivity index (χ0v) is 19.7. The Kier molecular flexibility index (Phi) is 7.31. The highest BCUT2D eigenvalue weighted by atomic mass is 16.2. The molecule has 0 unspecified atom stereocenters. The number of benzene rings is 1. The molecule has 2 saturated heterocycles. The molecule has 0 aliphatic carbocycles. The summed E-state index contributed by atoms with van der Waals surface area (Å²) in [7, 11) is 0. The van der Waals surface area contributed by atoms with Crippen molar-refractivity contribution in [3.63, 3.8) is 0 Å². The van der Waals surface area contributed by atoms with Gasteiger partial charge in [-0.1, -0.05) is 30.3 Å².